The van der Waals surface area contributed by atoms with Crippen LogP contribution in [0.3, 0.4) is 0 Å². The molecule has 1 aliphatic rings. The van der Waals surface area contributed by atoms with Crippen molar-refractivity contribution in [1.29, 1.82) is 0 Å². The third-order valence-electron chi connectivity index (χ3n) is 4.20. The van der Waals surface area contributed by atoms with Crippen LogP contribution in [0.15, 0.2) is 30.5 Å². The van der Waals surface area contributed by atoms with Crippen molar-refractivity contribution in [3.63, 3.8) is 0 Å². The monoisotopic (exact) mass is 270 g/mol. The summed E-state index contributed by atoms with van der Waals surface area (Å²) >= 11 is 0. The van der Waals surface area contributed by atoms with Crippen LogP contribution in [0.5, 0.6) is 0 Å². The second kappa shape index (κ2) is 5.41. The summed E-state index contributed by atoms with van der Waals surface area (Å²) in [6.07, 6.45) is 3.12. The molecule has 2 heterocycles. The minimum absolute atomic E-state index is 0.0423. The van der Waals surface area contributed by atoms with Gasteiger partial charge in [0.05, 0.1) is 6.61 Å². The van der Waals surface area contributed by atoms with Crippen LogP contribution in [-0.4, -0.2) is 23.2 Å². The van der Waals surface area contributed by atoms with Gasteiger partial charge in [-0.25, -0.2) is 4.98 Å². The van der Waals surface area contributed by atoms with Gasteiger partial charge in [0, 0.05) is 30.2 Å². The van der Waals surface area contributed by atoms with Gasteiger partial charge in [0.2, 0.25) is 0 Å². The van der Waals surface area contributed by atoms with Crippen molar-refractivity contribution in [1.82, 2.24) is 4.98 Å². The minimum atomic E-state index is 0.0423. The second-order valence-corrected chi connectivity index (χ2v) is 6.16. The number of pyridine rings is 1. The molecule has 0 radical (unpaired) electrons. The number of hydrogen-bond donors (Lipinski definition) is 1. The average Bonchev–Trinajstić information content (AvgIpc) is 2.45. The van der Waals surface area contributed by atoms with Crippen LogP contribution in [0, 0.1) is 11.8 Å². The molecule has 3 heteroatoms. The van der Waals surface area contributed by atoms with Crippen molar-refractivity contribution in [3.05, 3.63) is 36.0 Å². The number of aliphatic hydroxyl groups excluding tert-OH is 1. The smallest absolute Gasteiger partial charge is 0.136 e. The van der Waals surface area contributed by atoms with Gasteiger partial charge < -0.3 is 10.0 Å². The van der Waals surface area contributed by atoms with E-state index in [1.54, 1.807) is 0 Å². The van der Waals surface area contributed by atoms with Crippen molar-refractivity contribution in [3.8, 4) is 0 Å². The number of nitrogens with zero attached hydrogens (tertiary/aromatic N) is 2. The van der Waals surface area contributed by atoms with E-state index in [1.165, 1.54) is 6.42 Å². The van der Waals surface area contributed by atoms with E-state index in [1.807, 2.05) is 18.3 Å². The number of hydrogen-bond acceptors (Lipinski definition) is 3. The van der Waals surface area contributed by atoms with Crippen LogP contribution < -0.4 is 4.90 Å². The SMILES string of the molecule is CC1CC(C)CN(c2ncc(CO)c3ccccc23)C1. The van der Waals surface area contributed by atoms with Gasteiger partial charge in [-0.3, -0.25) is 0 Å². The first-order valence-electron chi connectivity index (χ1n) is 7.41. The predicted molar refractivity (Wildman–Crippen MR) is 82.8 cm³/mol. The third kappa shape index (κ3) is 2.38. The predicted octanol–water partition coefficient (Wildman–Crippen LogP) is 3.21. The van der Waals surface area contributed by atoms with Crippen molar-refractivity contribution >= 4 is 16.6 Å². The summed E-state index contributed by atoms with van der Waals surface area (Å²) < 4.78 is 0. The zero-order valence-electron chi connectivity index (χ0n) is 12.2. The fourth-order valence-electron chi connectivity index (χ4n) is 3.45. The van der Waals surface area contributed by atoms with Crippen LogP contribution >= 0.6 is 0 Å². The Kier molecular flexibility index (Phi) is 3.62. The topological polar surface area (TPSA) is 36.4 Å². The fourth-order valence-corrected chi connectivity index (χ4v) is 3.45. The zero-order chi connectivity index (χ0) is 14.1. The summed E-state index contributed by atoms with van der Waals surface area (Å²) in [4.78, 5) is 7.04. The maximum atomic E-state index is 9.47. The van der Waals surface area contributed by atoms with Gasteiger partial charge in [-0.2, -0.15) is 0 Å². The number of fused-ring (bicyclic) bond motifs is 1. The highest BCUT2D eigenvalue weighted by molar-refractivity contribution is 5.94. The van der Waals surface area contributed by atoms with Gasteiger partial charge in [-0.1, -0.05) is 38.1 Å². The zero-order valence-corrected chi connectivity index (χ0v) is 12.2. The van der Waals surface area contributed by atoms with Crippen LogP contribution in [0.2, 0.25) is 0 Å². The first-order valence-corrected chi connectivity index (χ1v) is 7.41. The Labute approximate surface area is 120 Å². The van der Waals surface area contributed by atoms with Crippen molar-refractivity contribution in [2.75, 3.05) is 18.0 Å². The van der Waals surface area contributed by atoms with Gasteiger partial charge >= 0.3 is 0 Å². The molecule has 0 bridgehead atoms. The second-order valence-electron chi connectivity index (χ2n) is 6.16. The van der Waals surface area contributed by atoms with Gasteiger partial charge in [-0.05, 0) is 23.6 Å². The Balaban J connectivity index is 2.08. The van der Waals surface area contributed by atoms with Gasteiger partial charge in [0.25, 0.3) is 0 Å². The minimum Gasteiger partial charge on any atom is -0.392 e. The third-order valence-corrected chi connectivity index (χ3v) is 4.20. The van der Waals surface area contributed by atoms with E-state index < -0.39 is 0 Å². The fraction of sp³-hybridized carbons (Fsp3) is 0.471. The molecule has 0 amide bonds. The number of aliphatic hydroxyl groups is 1. The molecule has 1 aromatic carbocycles. The first kappa shape index (κ1) is 13.4. The number of aromatic nitrogens is 1. The maximum Gasteiger partial charge on any atom is 0.136 e. The van der Waals surface area contributed by atoms with E-state index in [4.69, 9.17) is 0 Å². The highest BCUT2D eigenvalue weighted by atomic mass is 16.3. The molecule has 1 fully saturated rings. The molecule has 1 N–H and O–H groups in total. The van der Waals surface area contributed by atoms with E-state index in [0.717, 1.165) is 35.2 Å². The van der Waals surface area contributed by atoms with E-state index in [2.05, 4.69) is 35.9 Å². The van der Waals surface area contributed by atoms with Crippen molar-refractivity contribution in [2.45, 2.75) is 26.9 Å². The molecular formula is C17H22N2O. The summed E-state index contributed by atoms with van der Waals surface area (Å²) in [5, 5.41) is 11.7. The van der Waals surface area contributed by atoms with E-state index >= 15 is 0 Å². The number of benzene rings is 1. The summed E-state index contributed by atoms with van der Waals surface area (Å²) in [6, 6.07) is 8.25. The van der Waals surface area contributed by atoms with Crippen LogP contribution in [0.4, 0.5) is 5.82 Å². The van der Waals surface area contributed by atoms with Gasteiger partial charge in [-0.15, -0.1) is 0 Å². The lowest BCUT2D eigenvalue weighted by atomic mass is 9.91. The Hall–Kier alpha value is -1.61. The summed E-state index contributed by atoms with van der Waals surface area (Å²) in [5.74, 6) is 2.48. The quantitative estimate of drug-likeness (QED) is 0.910. The van der Waals surface area contributed by atoms with E-state index in [-0.39, 0.29) is 6.61 Å². The maximum absolute atomic E-state index is 9.47. The molecular weight excluding hydrogens is 248 g/mol. The lowest BCUT2D eigenvalue weighted by Gasteiger charge is -2.36. The van der Waals surface area contributed by atoms with Crippen molar-refractivity contribution in [2.24, 2.45) is 11.8 Å². The molecule has 3 nitrogen and oxygen atoms in total. The molecule has 0 spiro atoms. The van der Waals surface area contributed by atoms with Crippen LogP contribution in [-0.2, 0) is 6.61 Å². The Morgan fingerprint density at radius 3 is 2.45 bits per heavy atom. The highest BCUT2D eigenvalue weighted by Crippen LogP contribution is 2.31. The Bertz CT molecular complexity index is 601. The molecule has 2 aromatic rings. The molecule has 3 rings (SSSR count). The molecule has 1 aliphatic heterocycles. The average molecular weight is 270 g/mol. The highest BCUT2D eigenvalue weighted by Gasteiger charge is 2.24. The largest absolute Gasteiger partial charge is 0.392 e. The lowest BCUT2D eigenvalue weighted by Crippen LogP contribution is -2.39. The van der Waals surface area contributed by atoms with Crippen LogP contribution in [0.1, 0.15) is 25.8 Å². The van der Waals surface area contributed by atoms with E-state index in [0.29, 0.717) is 11.8 Å². The standard InChI is InChI=1S/C17H22N2O/c1-12-7-13(2)10-19(9-12)17-16-6-4-3-5-15(16)14(11-20)8-18-17/h3-6,8,12-13,20H,7,9-11H2,1-2H3. The van der Waals surface area contributed by atoms with Gasteiger partial charge in [0.1, 0.15) is 5.82 Å². The van der Waals surface area contributed by atoms with Crippen LogP contribution in [0.25, 0.3) is 10.8 Å². The first-order chi connectivity index (χ1) is 9.69. The van der Waals surface area contributed by atoms with Crippen molar-refractivity contribution < 1.29 is 5.11 Å². The summed E-state index contributed by atoms with van der Waals surface area (Å²) in [5.41, 5.74) is 0.905. The molecule has 2 unspecified atom stereocenters. The number of rotatable bonds is 2. The van der Waals surface area contributed by atoms with Gasteiger partial charge in [0.15, 0.2) is 0 Å². The molecule has 0 aliphatic carbocycles. The Morgan fingerprint density at radius 2 is 1.80 bits per heavy atom. The molecule has 0 saturated carbocycles. The molecule has 20 heavy (non-hydrogen) atoms. The molecule has 2 atom stereocenters. The van der Waals surface area contributed by atoms with E-state index in [9.17, 15) is 5.11 Å². The summed E-state index contributed by atoms with van der Waals surface area (Å²) in [7, 11) is 0. The molecule has 1 aromatic heterocycles. The molecule has 1 saturated heterocycles. The number of anilines is 1. The summed E-state index contributed by atoms with van der Waals surface area (Å²) in [6.45, 7) is 6.81. The normalized spacial score (nSPS) is 23.2. The Morgan fingerprint density at radius 1 is 1.15 bits per heavy atom. The molecule has 106 valence electrons. The lowest BCUT2D eigenvalue weighted by molar-refractivity contribution is 0.283. The number of piperidine rings is 1.